The van der Waals surface area contributed by atoms with E-state index in [2.05, 4.69) is 68.4 Å². The molecule has 3 heterocycles. The van der Waals surface area contributed by atoms with Crippen LogP contribution in [0.4, 0.5) is 17.3 Å². The molecule has 8 heteroatoms. The molecule has 3 aromatic rings. The number of hydrogen-bond donors (Lipinski definition) is 1. The fraction of sp³-hybridized carbons (Fsp3) is 0.300. The number of hydrogen-bond acceptors (Lipinski definition) is 7. The topological polar surface area (TPSA) is 85.9 Å². The molecule has 1 aromatic carbocycles. The molecule has 1 aliphatic heterocycles. The molecule has 142 valence electrons. The number of aromatic nitrogens is 4. The van der Waals surface area contributed by atoms with Crippen LogP contribution in [0.3, 0.4) is 0 Å². The molecular weight excluding hydrogens is 352 g/mol. The highest BCUT2D eigenvalue weighted by Gasteiger charge is 2.23. The third kappa shape index (κ3) is 3.80. The summed E-state index contributed by atoms with van der Waals surface area (Å²) in [6.45, 7) is 2.26. The zero-order valence-corrected chi connectivity index (χ0v) is 15.9. The summed E-state index contributed by atoms with van der Waals surface area (Å²) in [4.78, 5) is 17.2. The Kier molecular flexibility index (Phi) is 4.91. The molecule has 0 amide bonds. The third-order valence-electron chi connectivity index (χ3n) is 5.07. The first-order valence-corrected chi connectivity index (χ1v) is 9.17. The van der Waals surface area contributed by atoms with Crippen LogP contribution >= 0.6 is 0 Å². The molecule has 1 atom stereocenters. The van der Waals surface area contributed by atoms with Crippen molar-refractivity contribution in [2.24, 2.45) is 0 Å². The van der Waals surface area contributed by atoms with Gasteiger partial charge in [0.1, 0.15) is 24.0 Å². The minimum Gasteiger partial charge on any atom is -0.370 e. The van der Waals surface area contributed by atoms with Crippen LogP contribution in [0.15, 0.2) is 49.2 Å². The Morgan fingerprint density at radius 1 is 1.14 bits per heavy atom. The average molecular weight is 374 g/mol. The number of nitrogens with one attached hydrogen (secondary N) is 1. The van der Waals surface area contributed by atoms with E-state index in [0.717, 1.165) is 18.8 Å². The lowest BCUT2D eigenvalue weighted by Gasteiger charge is -2.26. The number of anilines is 3. The first-order chi connectivity index (χ1) is 13.6. The summed E-state index contributed by atoms with van der Waals surface area (Å²) in [5.41, 5.74) is 2.54. The number of rotatable bonds is 5. The second kappa shape index (κ2) is 7.66. The molecule has 0 unspecified atom stereocenters. The van der Waals surface area contributed by atoms with Gasteiger partial charge in [-0.25, -0.2) is 15.0 Å². The Bertz CT molecular complexity index is 971. The first kappa shape index (κ1) is 17.9. The van der Waals surface area contributed by atoms with E-state index in [1.807, 2.05) is 16.8 Å². The van der Waals surface area contributed by atoms with E-state index in [4.69, 9.17) is 5.26 Å². The monoisotopic (exact) mass is 374 g/mol. The predicted octanol–water partition coefficient (Wildman–Crippen LogP) is 2.42. The van der Waals surface area contributed by atoms with Crippen LogP contribution in [0.1, 0.15) is 12.1 Å². The van der Waals surface area contributed by atoms with Crippen molar-refractivity contribution in [3.63, 3.8) is 0 Å². The van der Waals surface area contributed by atoms with Gasteiger partial charge in [-0.1, -0.05) is 0 Å². The molecule has 0 bridgehead atoms. The number of nitrogens with zero attached hydrogens (tertiary/aromatic N) is 7. The zero-order chi connectivity index (χ0) is 19.5. The summed E-state index contributed by atoms with van der Waals surface area (Å²) < 4.78 is 1.95. The van der Waals surface area contributed by atoms with Gasteiger partial charge in [0, 0.05) is 31.0 Å². The Labute approximate surface area is 164 Å². The number of nitriles is 1. The van der Waals surface area contributed by atoms with Gasteiger partial charge in [0.2, 0.25) is 0 Å². The molecule has 0 radical (unpaired) electrons. The lowest BCUT2D eigenvalue weighted by Crippen LogP contribution is -2.33. The van der Waals surface area contributed by atoms with Crippen LogP contribution in [0, 0.1) is 11.3 Å². The SMILES string of the molecule is CN1CC[C@@H](N(C)c2ccc(-n3cnc(Nc4cnc(C#N)cn4)c3)cc2)C1. The smallest absolute Gasteiger partial charge is 0.158 e. The van der Waals surface area contributed by atoms with Gasteiger partial charge in [-0.3, -0.25) is 0 Å². The molecule has 28 heavy (non-hydrogen) atoms. The zero-order valence-electron chi connectivity index (χ0n) is 15.9. The highest BCUT2D eigenvalue weighted by Crippen LogP contribution is 2.23. The van der Waals surface area contributed by atoms with Gasteiger partial charge in [-0.05, 0) is 44.3 Å². The molecule has 4 rings (SSSR count). The van der Waals surface area contributed by atoms with E-state index < -0.39 is 0 Å². The summed E-state index contributed by atoms with van der Waals surface area (Å²) in [7, 11) is 4.34. The highest BCUT2D eigenvalue weighted by atomic mass is 15.2. The lowest BCUT2D eigenvalue weighted by atomic mass is 10.2. The van der Waals surface area contributed by atoms with Crippen molar-refractivity contribution in [2.45, 2.75) is 12.5 Å². The van der Waals surface area contributed by atoms with E-state index in [1.165, 1.54) is 24.5 Å². The van der Waals surface area contributed by atoms with Crippen molar-refractivity contribution in [3.8, 4) is 11.8 Å². The van der Waals surface area contributed by atoms with Crippen LogP contribution < -0.4 is 10.2 Å². The van der Waals surface area contributed by atoms with Crippen LogP contribution in [-0.2, 0) is 0 Å². The van der Waals surface area contributed by atoms with Crippen molar-refractivity contribution in [1.82, 2.24) is 24.4 Å². The van der Waals surface area contributed by atoms with E-state index in [1.54, 1.807) is 6.33 Å². The Balaban J connectivity index is 1.44. The van der Waals surface area contributed by atoms with Crippen molar-refractivity contribution < 1.29 is 0 Å². The van der Waals surface area contributed by atoms with Crippen LogP contribution in [0.25, 0.3) is 5.69 Å². The summed E-state index contributed by atoms with van der Waals surface area (Å²) in [5, 5.41) is 11.9. The summed E-state index contributed by atoms with van der Waals surface area (Å²) in [5.74, 6) is 1.21. The maximum atomic E-state index is 8.78. The average Bonchev–Trinajstić information content (AvgIpc) is 3.37. The fourth-order valence-corrected chi connectivity index (χ4v) is 3.41. The Morgan fingerprint density at radius 3 is 2.61 bits per heavy atom. The molecule has 1 aliphatic rings. The Morgan fingerprint density at radius 2 is 1.96 bits per heavy atom. The summed E-state index contributed by atoms with van der Waals surface area (Å²) in [6, 6.07) is 11.0. The van der Waals surface area contributed by atoms with Gasteiger partial charge in [-0.15, -0.1) is 0 Å². The second-order valence-electron chi connectivity index (χ2n) is 7.02. The number of likely N-dealkylation sites (N-methyl/N-ethyl adjacent to an activating group) is 2. The molecule has 1 saturated heterocycles. The van der Waals surface area contributed by atoms with Crippen LogP contribution in [0.2, 0.25) is 0 Å². The number of likely N-dealkylation sites (tertiary alicyclic amines) is 1. The molecule has 0 saturated carbocycles. The fourth-order valence-electron chi connectivity index (χ4n) is 3.41. The standard InChI is InChI=1S/C20H22N8/c1-26-8-7-18(12-26)27(2)16-3-5-17(6-4-16)28-13-20(24-14-28)25-19-11-22-15(9-21)10-23-19/h3-6,10-11,13-14,18H,7-8,12H2,1-2H3,(H,23,25)/t18-/m1/s1. The second-order valence-corrected chi connectivity index (χ2v) is 7.02. The first-order valence-electron chi connectivity index (χ1n) is 9.17. The normalized spacial score (nSPS) is 16.7. The molecule has 1 fully saturated rings. The quantitative estimate of drug-likeness (QED) is 0.734. The third-order valence-corrected chi connectivity index (χ3v) is 5.07. The predicted molar refractivity (Wildman–Crippen MR) is 108 cm³/mol. The Hall–Kier alpha value is -3.44. The molecule has 1 N–H and O–H groups in total. The highest BCUT2D eigenvalue weighted by molar-refractivity contribution is 5.54. The maximum absolute atomic E-state index is 8.78. The van der Waals surface area contributed by atoms with Gasteiger partial charge >= 0.3 is 0 Å². The van der Waals surface area contributed by atoms with E-state index in [9.17, 15) is 0 Å². The van der Waals surface area contributed by atoms with Gasteiger partial charge in [-0.2, -0.15) is 5.26 Å². The largest absolute Gasteiger partial charge is 0.370 e. The van der Waals surface area contributed by atoms with Crippen molar-refractivity contribution in [2.75, 3.05) is 37.4 Å². The number of imidazole rings is 1. The lowest BCUT2D eigenvalue weighted by molar-refractivity contribution is 0.409. The van der Waals surface area contributed by atoms with Crippen molar-refractivity contribution >= 4 is 17.3 Å². The van der Waals surface area contributed by atoms with Crippen LogP contribution in [0.5, 0.6) is 0 Å². The van der Waals surface area contributed by atoms with Gasteiger partial charge in [0.25, 0.3) is 0 Å². The van der Waals surface area contributed by atoms with E-state index >= 15 is 0 Å². The maximum Gasteiger partial charge on any atom is 0.158 e. The molecule has 0 spiro atoms. The van der Waals surface area contributed by atoms with Crippen LogP contribution in [-0.4, -0.2) is 57.6 Å². The van der Waals surface area contributed by atoms with Gasteiger partial charge < -0.3 is 19.7 Å². The molecular formula is C20H22N8. The molecule has 2 aromatic heterocycles. The van der Waals surface area contributed by atoms with Gasteiger partial charge in [0.05, 0.1) is 18.6 Å². The van der Waals surface area contributed by atoms with E-state index in [0.29, 0.717) is 17.7 Å². The van der Waals surface area contributed by atoms with E-state index in [-0.39, 0.29) is 5.69 Å². The molecule has 8 nitrogen and oxygen atoms in total. The van der Waals surface area contributed by atoms with Gasteiger partial charge in [0.15, 0.2) is 5.69 Å². The summed E-state index contributed by atoms with van der Waals surface area (Å²) >= 11 is 0. The minimum atomic E-state index is 0.283. The minimum absolute atomic E-state index is 0.283. The molecule has 0 aliphatic carbocycles. The van der Waals surface area contributed by atoms with Crippen molar-refractivity contribution in [3.05, 3.63) is 54.9 Å². The number of benzene rings is 1. The van der Waals surface area contributed by atoms with Crippen molar-refractivity contribution in [1.29, 1.82) is 5.26 Å². The summed E-state index contributed by atoms with van der Waals surface area (Å²) in [6.07, 6.45) is 7.79.